The van der Waals surface area contributed by atoms with Crippen molar-refractivity contribution in [3.05, 3.63) is 75.0 Å². The van der Waals surface area contributed by atoms with Gasteiger partial charge in [0.05, 0.1) is 5.92 Å². The van der Waals surface area contributed by atoms with E-state index in [0.717, 1.165) is 21.3 Å². The molecule has 5 nitrogen and oxygen atoms in total. The van der Waals surface area contributed by atoms with Crippen LogP contribution in [0, 0.1) is 5.82 Å². The number of rotatable bonds is 4. The van der Waals surface area contributed by atoms with E-state index in [1.54, 1.807) is 6.20 Å². The molecule has 8 heteroatoms. The van der Waals surface area contributed by atoms with Gasteiger partial charge in [-0.2, -0.15) is 0 Å². The number of amides is 2. The van der Waals surface area contributed by atoms with Gasteiger partial charge in [-0.1, -0.05) is 34.1 Å². The van der Waals surface area contributed by atoms with Crippen LogP contribution in [0.15, 0.2) is 53.1 Å². The number of thiazole rings is 1. The third-order valence-electron chi connectivity index (χ3n) is 4.45. The van der Waals surface area contributed by atoms with Crippen LogP contribution in [0.4, 0.5) is 15.2 Å². The summed E-state index contributed by atoms with van der Waals surface area (Å²) >= 11 is 4.81. The minimum Gasteiger partial charge on any atom is -0.326 e. The third kappa shape index (κ3) is 4.13. The van der Waals surface area contributed by atoms with Gasteiger partial charge in [-0.15, -0.1) is 11.3 Å². The maximum absolute atomic E-state index is 13.4. The van der Waals surface area contributed by atoms with E-state index in [0.29, 0.717) is 16.4 Å². The van der Waals surface area contributed by atoms with Crippen molar-refractivity contribution in [1.82, 2.24) is 4.98 Å². The molecule has 0 saturated heterocycles. The largest absolute Gasteiger partial charge is 0.326 e. The summed E-state index contributed by atoms with van der Waals surface area (Å²) in [6.45, 7) is 0. The Morgan fingerprint density at radius 3 is 2.86 bits per heavy atom. The van der Waals surface area contributed by atoms with Crippen LogP contribution < -0.4 is 10.6 Å². The summed E-state index contributed by atoms with van der Waals surface area (Å²) in [6, 6.07) is 12.1. The van der Waals surface area contributed by atoms with Crippen LogP contribution in [0.2, 0.25) is 0 Å². The Hall–Kier alpha value is -2.58. The van der Waals surface area contributed by atoms with Crippen molar-refractivity contribution < 1.29 is 14.0 Å². The molecular formula is C20H15BrFN3O2S. The van der Waals surface area contributed by atoms with E-state index in [-0.39, 0.29) is 18.2 Å². The molecule has 3 aromatic rings. The smallest absolute Gasteiger partial charge is 0.234 e. The number of nitrogens with one attached hydrogen (secondary N) is 2. The molecule has 0 bridgehead atoms. The zero-order chi connectivity index (χ0) is 19.7. The predicted molar refractivity (Wildman–Crippen MR) is 110 cm³/mol. The van der Waals surface area contributed by atoms with Gasteiger partial charge in [-0.25, -0.2) is 9.37 Å². The lowest BCUT2D eigenvalue weighted by Crippen LogP contribution is -2.30. The van der Waals surface area contributed by atoms with Crippen molar-refractivity contribution >= 4 is 49.9 Å². The Morgan fingerprint density at radius 2 is 2.07 bits per heavy atom. The number of carbonyl (C=O) groups is 2. The molecule has 1 atom stereocenters. The number of hydrogen-bond acceptors (Lipinski definition) is 4. The summed E-state index contributed by atoms with van der Waals surface area (Å²) in [6.07, 6.45) is 2.47. The Kier molecular flexibility index (Phi) is 5.23. The molecule has 1 unspecified atom stereocenters. The number of hydrogen-bond donors (Lipinski definition) is 2. The van der Waals surface area contributed by atoms with E-state index in [2.05, 4.69) is 31.5 Å². The van der Waals surface area contributed by atoms with Crippen LogP contribution in [-0.4, -0.2) is 16.8 Å². The number of anilines is 2. The number of nitrogens with zero attached hydrogens (tertiary/aromatic N) is 1. The summed E-state index contributed by atoms with van der Waals surface area (Å²) in [7, 11) is 0. The highest BCUT2D eigenvalue weighted by atomic mass is 79.9. The van der Waals surface area contributed by atoms with E-state index < -0.39 is 11.7 Å². The minimum absolute atomic E-state index is 0.0155. The molecule has 28 heavy (non-hydrogen) atoms. The second-order valence-electron chi connectivity index (χ2n) is 6.46. The number of fused-ring (bicyclic) bond motifs is 1. The average molecular weight is 460 g/mol. The molecule has 0 fully saturated rings. The molecule has 0 spiro atoms. The van der Waals surface area contributed by atoms with Gasteiger partial charge in [0.25, 0.3) is 0 Å². The van der Waals surface area contributed by atoms with Crippen LogP contribution in [0.3, 0.4) is 0 Å². The zero-order valence-electron chi connectivity index (χ0n) is 14.5. The van der Waals surface area contributed by atoms with Crippen molar-refractivity contribution in [3.8, 4) is 0 Å². The van der Waals surface area contributed by atoms with E-state index >= 15 is 0 Å². The maximum atomic E-state index is 13.4. The minimum atomic E-state index is -0.678. The van der Waals surface area contributed by atoms with Gasteiger partial charge >= 0.3 is 0 Å². The van der Waals surface area contributed by atoms with Crippen molar-refractivity contribution in [2.24, 2.45) is 0 Å². The van der Waals surface area contributed by atoms with Crippen LogP contribution in [-0.2, 0) is 16.0 Å². The summed E-state index contributed by atoms with van der Waals surface area (Å²) in [5.74, 6) is -1.78. The van der Waals surface area contributed by atoms with Crippen molar-refractivity contribution in [1.29, 1.82) is 0 Å². The molecule has 2 amide bonds. The van der Waals surface area contributed by atoms with Crippen molar-refractivity contribution in [2.75, 3.05) is 10.6 Å². The van der Waals surface area contributed by atoms with Gasteiger partial charge in [-0.05, 0) is 35.4 Å². The molecule has 0 aliphatic carbocycles. The molecule has 4 rings (SSSR count). The van der Waals surface area contributed by atoms with E-state index in [4.69, 9.17) is 0 Å². The molecule has 0 saturated carbocycles. The first kappa shape index (κ1) is 18.8. The highest BCUT2D eigenvalue weighted by Crippen LogP contribution is 2.34. The monoisotopic (exact) mass is 459 g/mol. The van der Waals surface area contributed by atoms with E-state index in [9.17, 15) is 14.0 Å². The molecule has 142 valence electrons. The van der Waals surface area contributed by atoms with Crippen LogP contribution >= 0.6 is 27.3 Å². The maximum Gasteiger partial charge on any atom is 0.234 e. The highest BCUT2D eigenvalue weighted by Gasteiger charge is 2.31. The average Bonchev–Trinajstić information content (AvgIpc) is 3.09. The van der Waals surface area contributed by atoms with Gasteiger partial charge in [0.15, 0.2) is 5.13 Å². The Labute approximate surface area is 173 Å². The Morgan fingerprint density at radius 1 is 1.29 bits per heavy atom. The molecule has 2 heterocycles. The second kappa shape index (κ2) is 7.81. The fraction of sp³-hybridized carbons (Fsp3) is 0.150. The predicted octanol–water partition coefficient (Wildman–Crippen LogP) is 4.70. The lowest BCUT2D eigenvalue weighted by atomic mass is 9.90. The van der Waals surface area contributed by atoms with Gasteiger partial charge in [-0.3, -0.25) is 9.59 Å². The fourth-order valence-electron chi connectivity index (χ4n) is 3.11. The molecule has 2 N–H and O–H groups in total. The van der Waals surface area contributed by atoms with Gasteiger partial charge < -0.3 is 10.6 Å². The van der Waals surface area contributed by atoms with Crippen LogP contribution in [0.25, 0.3) is 0 Å². The summed E-state index contributed by atoms with van der Waals surface area (Å²) < 4.78 is 14.5. The van der Waals surface area contributed by atoms with Gasteiger partial charge in [0.2, 0.25) is 11.8 Å². The SMILES string of the molecule is O=C1CC(C(=O)Nc2ncc(Cc3ccc(Br)cc3)s2)c2ccc(F)cc2N1. The zero-order valence-corrected chi connectivity index (χ0v) is 16.9. The molecular weight excluding hydrogens is 445 g/mol. The highest BCUT2D eigenvalue weighted by molar-refractivity contribution is 9.10. The van der Waals surface area contributed by atoms with Gasteiger partial charge in [0.1, 0.15) is 5.82 Å². The standard InChI is InChI=1S/C20H15BrFN3O2S/c21-12-3-1-11(2-4-12)7-14-10-23-20(28-14)25-19(27)16-9-18(26)24-17-8-13(22)5-6-15(16)17/h1-6,8,10,16H,7,9H2,(H,24,26)(H,23,25,27). The first-order chi connectivity index (χ1) is 13.5. The summed E-state index contributed by atoms with van der Waals surface area (Å²) in [5, 5.41) is 5.88. The molecule has 0 radical (unpaired) electrons. The Bertz CT molecular complexity index is 1050. The number of aromatic nitrogens is 1. The van der Waals surface area contributed by atoms with Gasteiger partial charge in [0, 0.05) is 34.1 Å². The quantitative estimate of drug-likeness (QED) is 0.593. The first-order valence-electron chi connectivity index (χ1n) is 8.57. The normalized spacial score (nSPS) is 15.6. The lowest BCUT2D eigenvalue weighted by molar-refractivity contribution is -0.123. The number of halogens is 2. The van der Waals surface area contributed by atoms with E-state index in [1.807, 2.05) is 24.3 Å². The van der Waals surface area contributed by atoms with Crippen molar-refractivity contribution in [2.45, 2.75) is 18.8 Å². The van der Waals surface area contributed by atoms with Crippen LogP contribution in [0.1, 0.15) is 28.3 Å². The first-order valence-corrected chi connectivity index (χ1v) is 10.2. The van der Waals surface area contributed by atoms with E-state index in [1.165, 1.54) is 29.5 Å². The van der Waals surface area contributed by atoms with Crippen LogP contribution in [0.5, 0.6) is 0 Å². The van der Waals surface area contributed by atoms with Crippen molar-refractivity contribution in [3.63, 3.8) is 0 Å². The lowest BCUT2D eigenvalue weighted by Gasteiger charge is -2.24. The molecule has 1 aliphatic heterocycles. The third-order valence-corrected chi connectivity index (χ3v) is 5.89. The Balaban J connectivity index is 1.48. The molecule has 1 aromatic heterocycles. The fourth-order valence-corrected chi connectivity index (χ4v) is 4.23. The molecule has 1 aliphatic rings. The number of carbonyl (C=O) groups excluding carboxylic acids is 2. The number of benzene rings is 2. The topological polar surface area (TPSA) is 71.1 Å². The molecule has 2 aromatic carbocycles. The second-order valence-corrected chi connectivity index (χ2v) is 8.49. The summed E-state index contributed by atoms with van der Waals surface area (Å²) in [4.78, 5) is 29.9. The summed E-state index contributed by atoms with van der Waals surface area (Å²) in [5.41, 5.74) is 2.08.